The van der Waals surface area contributed by atoms with E-state index in [1.165, 1.54) is 24.3 Å². The summed E-state index contributed by atoms with van der Waals surface area (Å²) in [6.45, 7) is 1.68. The molecule has 0 amide bonds. The van der Waals surface area contributed by atoms with Gasteiger partial charge in [0, 0.05) is 22.4 Å². The molecule has 1 aliphatic rings. The third kappa shape index (κ3) is 3.63. The summed E-state index contributed by atoms with van der Waals surface area (Å²) in [5, 5.41) is 31.4. The number of phenolic OH excluding ortho intramolecular Hbond substituents is 1. The van der Waals surface area contributed by atoms with Crippen molar-refractivity contribution in [3.63, 3.8) is 0 Å². The van der Waals surface area contributed by atoms with E-state index >= 15 is 0 Å². The maximum absolute atomic E-state index is 13.2. The molecule has 0 saturated heterocycles. The molecule has 0 radical (unpaired) electrons. The molecule has 0 spiro atoms. The maximum Gasteiger partial charge on any atom is 0.198 e. The van der Waals surface area contributed by atoms with E-state index in [-0.39, 0.29) is 56.6 Å². The van der Waals surface area contributed by atoms with Gasteiger partial charge in [-0.15, -0.1) is 10.2 Å². The SMILES string of the molecule is Cc1c(C#N)c(Nc2ccccc2)nc(N)c1/N=N/c1cccc2c1C(=O)c1cccc(O)c1C2=O. The second-order valence-electron chi connectivity index (χ2n) is 8.05. The highest BCUT2D eigenvalue weighted by Crippen LogP contribution is 2.38. The van der Waals surface area contributed by atoms with Gasteiger partial charge in [0.15, 0.2) is 23.2 Å². The minimum Gasteiger partial charge on any atom is -0.507 e. The number of carbonyl (C=O) groups is 2. The van der Waals surface area contributed by atoms with Crippen molar-refractivity contribution >= 4 is 40.3 Å². The van der Waals surface area contributed by atoms with Gasteiger partial charge in [0.05, 0.1) is 22.4 Å². The summed E-state index contributed by atoms with van der Waals surface area (Å²) >= 11 is 0. The number of pyridine rings is 1. The van der Waals surface area contributed by atoms with Crippen LogP contribution >= 0.6 is 0 Å². The minimum absolute atomic E-state index is 0.0338. The first-order valence-electron chi connectivity index (χ1n) is 10.9. The smallest absolute Gasteiger partial charge is 0.198 e. The Balaban J connectivity index is 1.57. The number of carbonyl (C=O) groups excluding carboxylic acids is 2. The summed E-state index contributed by atoms with van der Waals surface area (Å²) in [6, 6.07) is 20.3. The van der Waals surface area contributed by atoms with E-state index in [0.29, 0.717) is 5.56 Å². The van der Waals surface area contributed by atoms with Crippen LogP contribution in [0.5, 0.6) is 5.75 Å². The Kier molecular flexibility index (Phi) is 5.47. The van der Waals surface area contributed by atoms with Gasteiger partial charge in [0.25, 0.3) is 0 Å². The maximum atomic E-state index is 13.2. The van der Waals surface area contributed by atoms with Crippen molar-refractivity contribution in [2.45, 2.75) is 6.92 Å². The van der Waals surface area contributed by atoms with Crippen molar-refractivity contribution < 1.29 is 14.7 Å². The number of ketones is 2. The Morgan fingerprint density at radius 1 is 0.917 bits per heavy atom. The Hall–Kier alpha value is -5.36. The van der Waals surface area contributed by atoms with Crippen molar-refractivity contribution in [2.75, 3.05) is 11.1 Å². The minimum atomic E-state index is -0.477. The molecule has 5 rings (SSSR count). The van der Waals surface area contributed by atoms with Crippen molar-refractivity contribution in [3.05, 3.63) is 100 Å². The van der Waals surface area contributed by atoms with E-state index in [2.05, 4.69) is 26.6 Å². The fourth-order valence-corrected chi connectivity index (χ4v) is 4.12. The van der Waals surface area contributed by atoms with Crippen LogP contribution in [0.3, 0.4) is 0 Å². The van der Waals surface area contributed by atoms with Crippen molar-refractivity contribution in [1.29, 1.82) is 5.26 Å². The summed E-state index contributed by atoms with van der Waals surface area (Å²) in [4.78, 5) is 30.6. The number of aromatic hydroxyl groups is 1. The van der Waals surface area contributed by atoms with E-state index < -0.39 is 11.6 Å². The van der Waals surface area contributed by atoms with Crippen LogP contribution < -0.4 is 11.1 Å². The molecule has 1 heterocycles. The van der Waals surface area contributed by atoms with Gasteiger partial charge in [0.2, 0.25) is 0 Å². The summed E-state index contributed by atoms with van der Waals surface area (Å²) in [5.74, 6) is -0.863. The zero-order chi connectivity index (χ0) is 25.4. The summed E-state index contributed by atoms with van der Waals surface area (Å²) in [5.41, 5.74) is 8.19. The zero-order valence-corrected chi connectivity index (χ0v) is 19.0. The molecule has 9 heteroatoms. The lowest BCUT2D eigenvalue weighted by Crippen LogP contribution is -2.21. The van der Waals surface area contributed by atoms with Crippen molar-refractivity contribution in [2.24, 2.45) is 10.2 Å². The molecule has 36 heavy (non-hydrogen) atoms. The Morgan fingerprint density at radius 3 is 2.31 bits per heavy atom. The highest BCUT2D eigenvalue weighted by atomic mass is 16.3. The third-order valence-electron chi connectivity index (χ3n) is 5.88. The summed E-state index contributed by atoms with van der Waals surface area (Å²) in [7, 11) is 0. The van der Waals surface area contributed by atoms with Crippen LogP contribution in [0.1, 0.15) is 43.0 Å². The number of rotatable bonds is 4. The second-order valence-corrected chi connectivity index (χ2v) is 8.05. The third-order valence-corrected chi connectivity index (χ3v) is 5.88. The van der Waals surface area contributed by atoms with Gasteiger partial charge >= 0.3 is 0 Å². The van der Waals surface area contributed by atoms with E-state index in [4.69, 9.17) is 5.73 Å². The Bertz CT molecular complexity index is 1640. The second kappa shape index (κ2) is 8.77. The van der Waals surface area contributed by atoms with Gasteiger partial charge in [-0.1, -0.05) is 42.5 Å². The molecule has 0 bridgehead atoms. The highest BCUT2D eigenvalue weighted by molar-refractivity contribution is 6.30. The molecule has 0 unspecified atom stereocenters. The van der Waals surface area contributed by atoms with Gasteiger partial charge in [-0.3, -0.25) is 9.59 Å². The monoisotopic (exact) mass is 474 g/mol. The predicted octanol–water partition coefficient (Wildman–Crippen LogP) is 5.48. The molecule has 4 aromatic rings. The van der Waals surface area contributed by atoms with E-state index in [9.17, 15) is 20.0 Å². The number of hydrogen-bond acceptors (Lipinski definition) is 9. The molecule has 4 N–H and O–H groups in total. The van der Waals surface area contributed by atoms with Gasteiger partial charge in [-0.25, -0.2) is 4.98 Å². The number of para-hydroxylation sites is 1. The Morgan fingerprint density at radius 2 is 1.58 bits per heavy atom. The molecule has 0 saturated carbocycles. The molecule has 0 fully saturated rings. The molecular weight excluding hydrogens is 456 g/mol. The van der Waals surface area contributed by atoms with Crippen LogP contribution in [0.4, 0.5) is 28.7 Å². The lowest BCUT2D eigenvalue weighted by Gasteiger charge is -2.19. The molecule has 9 nitrogen and oxygen atoms in total. The number of nitrogen functional groups attached to an aromatic ring is 1. The highest BCUT2D eigenvalue weighted by Gasteiger charge is 2.33. The molecular formula is C27H18N6O3. The van der Waals surface area contributed by atoms with Crippen molar-refractivity contribution in [1.82, 2.24) is 4.98 Å². The lowest BCUT2D eigenvalue weighted by molar-refractivity contribution is 0.0977. The normalized spacial score (nSPS) is 12.2. The van der Waals surface area contributed by atoms with E-state index in [1.54, 1.807) is 19.1 Å². The molecule has 3 aromatic carbocycles. The first-order chi connectivity index (χ1) is 17.4. The molecule has 1 aromatic heterocycles. The van der Waals surface area contributed by atoms with Crippen LogP contribution in [0, 0.1) is 18.3 Å². The van der Waals surface area contributed by atoms with E-state index in [0.717, 1.165) is 5.69 Å². The van der Waals surface area contributed by atoms with Crippen LogP contribution in [-0.4, -0.2) is 21.7 Å². The van der Waals surface area contributed by atoms with Gasteiger partial charge in [0.1, 0.15) is 17.5 Å². The average molecular weight is 474 g/mol. The summed E-state index contributed by atoms with van der Waals surface area (Å²) in [6.07, 6.45) is 0. The quantitative estimate of drug-likeness (QED) is 0.291. The predicted molar refractivity (Wildman–Crippen MR) is 133 cm³/mol. The average Bonchev–Trinajstić information content (AvgIpc) is 2.87. The van der Waals surface area contributed by atoms with Crippen LogP contribution in [-0.2, 0) is 0 Å². The first kappa shape index (κ1) is 22.4. The number of nitriles is 1. The standard InChI is InChI=1S/C27H18N6O3/c1-14-18(13-28)27(30-15-7-3-2-4-8-15)31-26(29)23(14)33-32-19-11-5-9-16-21(19)24(35)17-10-6-12-20(34)22(17)25(16)36/h2-12,34H,1H3,(H3,29,30,31)/b33-32+. The zero-order valence-electron chi connectivity index (χ0n) is 19.0. The molecule has 174 valence electrons. The lowest BCUT2D eigenvalue weighted by atomic mass is 9.83. The number of phenols is 1. The largest absolute Gasteiger partial charge is 0.507 e. The number of nitrogens with zero attached hydrogens (tertiary/aromatic N) is 4. The van der Waals surface area contributed by atoms with Crippen LogP contribution in [0.2, 0.25) is 0 Å². The fourth-order valence-electron chi connectivity index (χ4n) is 4.12. The number of azo groups is 1. The first-order valence-corrected chi connectivity index (χ1v) is 10.9. The number of nitrogens with one attached hydrogen (secondary N) is 1. The molecule has 0 aliphatic heterocycles. The van der Waals surface area contributed by atoms with Crippen molar-refractivity contribution in [3.8, 4) is 11.8 Å². The molecule has 0 atom stereocenters. The van der Waals surface area contributed by atoms with Gasteiger partial charge in [-0.05, 0) is 31.2 Å². The fraction of sp³-hybridized carbons (Fsp3) is 0.0370. The number of benzene rings is 3. The van der Waals surface area contributed by atoms with Gasteiger partial charge < -0.3 is 16.2 Å². The summed E-state index contributed by atoms with van der Waals surface area (Å²) < 4.78 is 0. The molecule has 1 aliphatic carbocycles. The number of fused-ring (bicyclic) bond motifs is 2. The number of anilines is 3. The van der Waals surface area contributed by atoms with Crippen LogP contribution in [0.15, 0.2) is 77.0 Å². The van der Waals surface area contributed by atoms with E-state index in [1.807, 2.05) is 30.3 Å². The van der Waals surface area contributed by atoms with Crippen LogP contribution in [0.25, 0.3) is 0 Å². The number of aromatic nitrogens is 1. The number of hydrogen-bond donors (Lipinski definition) is 3. The Labute approximate surface area is 205 Å². The van der Waals surface area contributed by atoms with Gasteiger partial charge in [-0.2, -0.15) is 5.26 Å². The number of nitrogens with two attached hydrogens (primary N) is 1. The topological polar surface area (TPSA) is 154 Å².